The molecule has 3 heteroatoms. The van der Waals surface area contributed by atoms with Crippen molar-refractivity contribution >= 4 is 11.3 Å². The molecule has 1 aromatic rings. The van der Waals surface area contributed by atoms with Crippen LogP contribution in [0.4, 0.5) is 0 Å². The lowest BCUT2D eigenvalue weighted by atomic mass is 9.97. The average molecular weight is 279 g/mol. The Hall–Kier alpha value is -0.640. The van der Waals surface area contributed by atoms with E-state index in [-0.39, 0.29) is 0 Å². The predicted octanol–water partition coefficient (Wildman–Crippen LogP) is 4.16. The highest BCUT2D eigenvalue weighted by atomic mass is 32.1. The van der Waals surface area contributed by atoms with Crippen molar-refractivity contribution in [1.29, 1.82) is 0 Å². The van der Waals surface area contributed by atoms with Crippen molar-refractivity contribution in [3.05, 3.63) is 35.0 Å². The molecule has 1 N–H and O–H groups in total. The number of hydrogen-bond donors (Lipinski definition) is 1. The van der Waals surface area contributed by atoms with Crippen LogP contribution in [-0.4, -0.2) is 19.8 Å². The van der Waals surface area contributed by atoms with Gasteiger partial charge in [0.05, 0.1) is 13.2 Å². The van der Waals surface area contributed by atoms with Gasteiger partial charge in [0.15, 0.2) is 0 Å². The van der Waals surface area contributed by atoms with Crippen LogP contribution in [0, 0.1) is 5.92 Å². The molecule has 0 aliphatic heterocycles. The third-order valence-electron chi connectivity index (χ3n) is 3.80. The van der Waals surface area contributed by atoms with E-state index >= 15 is 0 Å². The van der Waals surface area contributed by atoms with Crippen LogP contribution in [0.1, 0.15) is 43.0 Å². The molecule has 1 atom stereocenters. The lowest BCUT2D eigenvalue weighted by molar-refractivity contribution is 0.136. The first-order valence-electron chi connectivity index (χ1n) is 7.37. The first-order valence-corrected chi connectivity index (χ1v) is 8.25. The minimum absolute atomic E-state index is 0.533. The summed E-state index contributed by atoms with van der Waals surface area (Å²) in [6.07, 6.45) is 8.37. The zero-order chi connectivity index (χ0) is 13.3. The number of rotatable bonds is 9. The van der Waals surface area contributed by atoms with E-state index in [4.69, 9.17) is 4.74 Å². The van der Waals surface area contributed by atoms with Gasteiger partial charge in [-0.2, -0.15) is 0 Å². The van der Waals surface area contributed by atoms with Crippen LogP contribution in [0.5, 0.6) is 0 Å². The van der Waals surface area contributed by atoms with Gasteiger partial charge in [-0.3, -0.25) is 0 Å². The summed E-state index contributed by atoms with van der Waals surface area (Å²) >= 11 is 1.87. The predicted molar refractivity (Wildman–Crippen MR) is 82.7 cm³/mol. The largest absolute Gasteiger partial charge is 0.380 e. The third kappa shape index (κ3) is 4.75. The number of ether oxygens (including phenoxy) is 1. The van der Waals surface area contributed by atoms with E-state index in [1.54, 1.807) is 0 Å². The Morgan fingerprint density at radius 1 is 1.42 bits per heavy atom. The van der Waals surface area contributed by atoms with Crippen LogP contribution in [0.3, 0.4) is 0 Å². The second kappa shape index (κ2) is 8.51. The summed E-state index contributed by atoms with van der Waals surface area (Å²) in [4.78, 5) is 1.48. The summed E-state index contributed by atoms with van der Waals surface area (Å²) in [7, 11) is 0. The zero-order valence-corrected chi connectivity index (χ0v) is 12.5. The Kier molecular flexibility index (Phi) is 6.62. The van der Waals surface area contributed by atoms with E-state index in [0.717, 1.165) is 32.1 Å². The number of thiophene rings is 1. The van der Waals surface area contributed by atoms with Gasteiger partial charge in [0.25, 0.3) is 0 Å². The van der Waals surface area contributed by atoms with Gasteiger partial charge in [-0.05, 0) is 36.6 Å². The van der Waals surface area contributed by atoms with E-state index in [9.17, 15) is 0 Å². The van der Waals surface area contributed by atoms with Gasteiger partial charge < -0.3 is 10.1 Å². The van der Waals surface area contributed by atoms with Crippen molar-refractivity contribution in [2.24, 2.45) is 5.92 Å². The van der Waals surface area contributed by atoms with Crippen molar-refractivity contribution in [2.75, 3.05) is 19.8 Å². The molecule has 1 aliphatic carbocycles. The summed E-state index contributed by atoms with van der Waals surface area (Å²) in [5.74, 6) is 0.812. The topological polar surface area (TPSA) is 21.3 Å². The SMILES string of the molecule is C=CCCOCCNC(c1cccs1)C1CCCC1. The highest BCUT2D eigenvalue weighted by Gasteiger charge is 2.26. The number of nitrogens with one attached hydrogen (secondary N) is 1. The van der Waals surface area contributed by atoms with Gasteiger partial charge in [0.2, 0.25) is 0 Å². The Morgan fingerprint density at radius 3 is 2.95 bits per heavy atom. The maximum atomic E-state index is 5.57. The molecule has 0 aromatic carbocycles. The lowest BCUT2D eigenvalue weighted by Gasteiger charge is -2.23. The van der Waals surface area contributed by atoms with Crippen molar-refractivity contribution in [3.8, 4) is 0 Å². The quantitative estimate of drug-likeness (QED) is 0.541. The molecule has 19 heavy (non-hydrogen) atoms. The van der Waals surface area contributed by atoms with Gasteiger partial charge in [0, 0.05) is 17.5 Å². The molecule has 1 unspecified atom stereocenters. The Bertz CT molecular complexity index is 344. The van der Waals surface area contributed by atoms with E-state index in [0.29, 0.717) is 6.04 Å². The first-order chi connectivity index (χ1) is 9.42. The molecular weight excluding hydrogens is 254 g/mol. The fourth-order valence-electron chi connectivity index (χ4n) is 2.81. The van der Waals surface area contributed by atoms with E-state index in [1.165, 1.54) is 30.6 Å². The summed E-state index contributed by atoms with van der Waals surface area (Å²) < 4.78 is 5.57. The van der Waals surface area contributed by atoms with Crippen LogP contribution in [-0.2, 0) is 4.74 Å². The normalized spacial score (nSPS) is 17.7. The summed E-state index contributed by atoms with van der Waals surface area (Å²) in [5, 5.41) is 5.88. The third-order valence-corrected chi connectivity index (χ3v) is 4.75. The van der Waals surface area contributed by atoms with E-state index in [2.05, 4.69) is 29.4 Å². The maximum absolute atomic E-state index is 5.57. The highest BCUT2D eigenvalue weighted by Crippen LogP contribution is 2.37. The molecule has 1 aliphatic rings. The van der Waals surface area contributed by atoms with E-state index < -0.39 is 0 Å². The van der Waals surface area contributed by atoms with Gasteiger partial charge in [-0.15, -0.1) is 17.9 Å². The second-order valence-electron chi connectivity index (χ2n) is 5.18. The monoisotopic (exact) mass is 279 g/mol. The summed E-state index contributed by atoms with van der Waals surface area (Å²) in [6.45, 7) is 6.22. The molecule has 2 nitrogen and oxygen atoms in total. The second-order valence-corrected chi connectivity index (χ2v) is 6.16. The standard InChI is InChI=1S/C16H25NOS/c1-2-3-11-18-12-10-17-16(14-7-4-5-8-14)15-9-6-13-19-15/h2,6,9,13-14,16-17H,1,3-5,7-8,10-12H2. The van der Waals surface area contributed by atoms with Crippen LogP contribution < -0.4 is 5.32 Å². The average Bonchev–Trinajstić information content (AvgIpc) is 3.11. The Balaban J connectivity index is 1.76. The molecule has 1 fully saturated rings. The van der Waals surface area contributed by atoms with Crippen molar-refractivity contribution in [1.82, 2.24) is 5.32 Å². The van der Waals surface area contributed by atoms with Crippen LogP contribution in [0.15, 0.2) is 30.2 Å². The summed E-state index contributed by atoms with van der Waals surface area (Å²) in [6, 6.07) is 4.95. The minimum atomic E-state index is 0.533. The molecule has 0 radical (unpaired) electrons. The minimum Gasteiger partial charge on any atom is -0.380 e. The molecular formula is C16H25NOS. The molecule has 0 spiro atoms. The Labute approximate surface area is 120 Å². The highest BCUT2D eigenvalue weighted by molar-refractivity contribution is 7.10. The van der Waals surface area contributed by atoms with Gasteiger partial charge in [-0.25, -0.2) is 0 Å². The first kappa shape index (κ1) is 14.8. The molecule has 0 bridgehead atoms. The fourth-order valence-corrected chi connectivity index (χ4v) is 3.71. The van der Waals surface area contributed by atoms with Crippen molar-refractivity contribution in [3.63, 3.8) is 0 Å². The van der Waals surface area contributed by atoms with Crippen molar-refractivity contribution in [2.45, 2.75) is 38.1 Å². The molecule has 0 amide bonds. The van der Waals surface area contributed by atoms with E-state index in [1.807, 2.05) is 17.4 Å². The molecule has 2 rings (SSSR count). The molecule has 0 saturated heterocycles. The van der Waals surface area contributed by atoms with Crippen molar-refractivity contribution < 1.29 is 4.74 Å². The van der Waals surface area contributed by atoms with Gasteiger partial charge in [0.1, 0.15) is 0 Å². The fraction of sp³-hybridized carbons (Fsp3) is 0.625. The smallest absolute Gasteiger partial charge is 0.0591 e. The maximum Gasteiger partial charge on any atom is 0.0591 e. The van der Waals surface area contributed by atoms with Crippen LogP contribution in [0.2, 0.25) is 0 Å². The van der Waals surface area contributed by atoms with Crippen LogP contribution in [0.25, 0.3) is 0 Å². The molecule has 1 aromatic heterocycles. The van der Waals surface area contributed by atoms with Crippen LogP contribution >= 0.6 is 11.3 Å². The molecule has 106 valence electrons. The molecule has 1 saturated carbocycles. The lowest BCUT2D eigenvalue weighted by Crippen LogP contribution is -2.29. The van der Waals surface area contributed by atoms with Gasteiger partial charge >= 0.3 is 0 Å². The van der Waals surface area contributed by atoms with Gasteiger partial charge in [-0.1, -0.05) is 25.0 Å². The summed E-state index contributed by atoms with van der Waals surface area (Å²) in [5.41, 5.74) is 0. The molecule has 1 heterocycles. The zero-order valence-electron chi connectivity index (χ0n) is 11.6. The Morgan fingerprint density at radius 2 is 2.26 bits per heavy atom. The number of hydrogen-bond acceptors (Lipinski definition) is 3.